The molecule has 1 aliphatic heterocycles. The summed E-state index contributed by atoms with van der Waals surface area (Å²) in [5, 5.41) is 3.57. The van der Waals surface area contributed by atoms with Gasteiger partial charge in [0.1, 0.15) is 11.5 Å². The van der Waals surface area contributed by atoms with Gasteiger partial charge in [0, 0.05) is 24.2 Å². The highest BCUT2D eigenvalue weighted by atomic mass is 16.3. The van der Waals surface area contributed by atoms with E-state index in [1.807, 2.05) is 25.1 Å². The molecule has 0 fully saturated rings. The summed E-state index contributed by atoms with van der Waals surface area (Å²) in [6.07, 6.45) is 2.78. The summed E-state index contributed by atoms with van der Waals surface area (Å²) in [5.41, 5.74) is 4.65. The van der Waals surface area contributed by atoms with E-state index in [0.717, 1.165) is 35.7 Å². The maximum absolute atomic E-state index is 5.81. The van der Waals surface area contributed by atoms with E-state index in [4.69, 9.17) is 4.42 Å². The number of nitrogens with one attached hydrogen (secondary N) is 2. The number of benzene rings is 1. The van der Waals surface area contributed by atoms with E-state index in [2.05, 4.69) is 33.5 Å². The van der Waals surface area contributed by atoms with Crippen molar-refractivity contribution in [3.05, 3.63) is 65.4 Å². The molecule has 0 bridgehead atoms. The third-order valence-corrected chi connectivity index (χ3v) is 4.03. The monoisotopic (exact) mass is 279 g/mol. The summed E-state index contributed by atoms with van der Waals surface area (Å²) < 4.78 is 5.81. The Kier molecular flexibility index (Phi) is 2.89. The number of rotatable bonds is 2. The molecule has 0 amide bonds. The first-order valence-electron chi connectivity index (χ1n) is 7.24. The second-order valence-electron chi connectivity index (χ2n) is 5.40. The molecule has 4 rings (SSSR count). The lowest BCUT2D eigenvalue weighted by Gasteiger charge is -2.25. The van der Waals surface area contributed by atoms with Crippen LogP contribution < -0.4 is 5.32 Å². The van der Waals surface area contributed by atoms with Crippen molar-refractivity contribution in [3.63, 3.8) is 0 Å². The first kappa shape index (κ1) is 12.4. The number of aryl methyl sites for hydroxylation is 1. The van der Waals surface area contributed by atoms with Crippen LogP contribution >= 0.6 is 0 Å². The molecular formula is C17H17N3O. The van der Waals surface area contributed by atoms with E-state index < -0.39 is 0 Å². The molecule has 0 spiro atoms. The predicted octanol–water partition coefficient (Wildman–Crippen LogP) is 3.21. The lowest BCUT2D eigenvalue weighted by atomic mass is 9.93. The molecule has 2 N–H and O–H groups in total. The van der Waals surface area contributed by atoms with Crippen molar-refractivity contribution in [2.45, 2.75) is 19.4 Å². The van der Waals surface area contributed by atoms with Gasteiger partial charge in [-0.05, 0) is 24.6 Å². The maximum Gasteiger partial charge on any atom is 0.134 e. The van der Waals surface area contributed by atoms with Crippen LogP contribution in [-0.4, -0.2) is 16.5 Å². The van der Waals surface area contributed by atoms with Crippen LogP contribution in [0.15, 0.2) is 47.1 Å². The zero-order valence-electron chi connectivity index (χ0n) is 11.9. The molecule has 0 saturated carbocycles. The fourth-order valence-electron chi connectivity index (χ4n) is 3.03. The third kappa shape index (κ3) is 2.08. The molecule has 1 atom stereocenters. The van der Waals surface area contributed by atoms with Crippen molar-refractivity contribution >= 4 is 0 Å². The van der Waals surface area contributed by atoms with Crippen molar-refractivity contribution in [1.82, 2.24) is 15.3 Å². The summed E-state index contributed by atoms with van der Waals surface area (Å²) in [7, 11) is 0. The number of nitrogens with zero attached hydrogens (tertiary/aromatic N) is 1. The average Bonchev–Trinajstić information content (AvgIpc) is 3.15. The second-order valence-corrected chi connectivity index (χ2v) is 5.40. The van der Waals surface area contributed by atoms with Gasteiger partial charge >= 0.3 is 0 Å². The van der Waals surface area contributed by atoms with Crippen LogP contribution in [0.3, 0.4) is 0 Å². The van der Waals surface area contributed by atoms with Gasteiger partial charge < -0.3 is 14.7 Å². The van der Waals surface area contributed by atoms with Crippen LogP contribution in [0.1, 0.15) is 28.8 Å². The molecule has 1 aliphatic rings. The van der Waals surface area contributed by atoms with Crippen LogP contribution in [0.5, 0.6) is 0 Å². The van der Waals surface area contributed by atoms with Gasteiger partial charge in [-0.3, -0.25) is 0 Å². The number of H-pyrrole nitrogens is 1. The Bertz CT molecular complexity index is 772. The number of furan rings is 1. The van der Waals surface area contributed by atoms with E-state index in [1.165, 1.54) is 11.3 Å². The lowest BCUT2D eigenvalue weighted by molar-refractivity contribution is 0.537. The fraction of sp³-hybridized carbons (Fsp3) is 0.235. The Labute approximate surface area is 123 Å². The van der Waals surface area contributed by atoms with E-state index in [0.29, 0.717) is 0 Å². The van der Waals surface area contributed by atoms with Gasteiger partial charge in [0.05, 0.1) is 18.1 Å². The van der Waals surface area contributed by atoms with Gasteiger partial charge in [-0.2, -0.15) is 0 Å². The first-order valence-corrected chi connectivity index (χ1v) is 7.24. The summed E-state index contributed by atoms with van der Waals surface area (Å²) in [6, 6.07) is 12.5. The quantitative estimate of drug-likeness (QED) is 0.757. The van der Waals surface area contributed by atoms with Gasteiger partial charge in [0.25, 0.3) is 0 Å². The third-order valence-electron chi connectivity index (χ3n) is 4.03. The summed E-state index contributed by atoms with van der Waals surface area (Å²) in [5.74, 6) is 1.84. The Balaban J connectivity index is 1.84. The predicted molar refractivity (Wildman–Crippen MR) is 81.0 cm³/mol. The zero-order valence-corrected chi connectivity index (χ0v) is 11.9. The second kappa shape index (κ2) is 4.90. The average molecular weight is 279 g/mol. The zero-order chi connectivity index (χ0) is 14.2. The Morgan fingerprint density at radius 3 is 2.95 bits per heavy atom. The largest absolute Gasteiger partial charge is 0.461 e. The Hall–Kier alpha value is -2.33. The standard InChI is InChI=1S/C17H17N3O/c1-11-6-7-15(21-11)12-4-2-3-5-13(12)16-17-14(8-9-18-16)19-10-20-17/h2-7,10,16,18H,8-9H2,1H3,(H,19,20)/t16-/m1/s1. The molecule has 0 aliphatic carbocycles. The van der Waals surface area contributed by atoms with Crippen LogP contribution in [0.4, 0.5) is 0 Å². The molecular weight excluding hydrogens is 262 g/mol. The van der Waals surface area contributed by atoms with Crippen molar-refractivity contribution in [3.8, 4) is 11.3 Å². The summed E-state index contributed by atoms with van der Waals surface area (Å²) in [4.78, 5) is 7.75. The minimum Gasteiger partial charge on any atom is -0.461 e. The van der Waals surface area contributed by atoms with E-state index >= 15 is 0 Å². The summed E-state index contributed by atoms with van der Waals surface area (Å²) >= 11 is 0. The highest BCUT2D eigenvalue weighted by Gasteiger charge is 2.26. The van der Waals surface area contributed by atoms with Crippen LogP contribution in [0.25, 0.3) is 11.3 Å². The highest BCUT2D eigenvalue weighted by molar-refractivity contribution is 5.64. The maximum atomic E-state index is 5.81. The molecule has 106 valence electrons. The molecule has 0 radical (unpaired) electrons. The van der Waals surface area contributed by atoms with Gasteiger partial charge in [-0.15, -0.1) is 0 Å². The number of aromatic amines is 1. The van der Waals surface area contributed by atoms with E-state index in [-0.39, 0.29) is 6.04 Å². The molecule has 3 heterocycles. The number of hydrogen-bond donors (Lipinski definition) is 2. The number of fused-ring (bicyclic) bond motifs is 1. The number of hydrogen-bond acceptors (Lipinski definition) is 3. The minimum absolute atomic E-state index is 0.113. The van der Waals surface area contributed by atoms with Crippen molar-refractivity contribution in [1.29, 1.82) is 0 Å². The topological polar surface area (TPSA) is 53.9 Å². The van der Waals surface area contributed by atoms with E-state index in [1.54, 1.807) is 6.33 Å². The molecule has 0 unspecified atom stereocenters. The fourth-order valence-corrected chi connectivity index (χ4v) is 3.03. The molecule has 3 aromatic rings. The number of imidazole rings is 1. The van der Waals surface area contributed by atoms with Crippen LogP contribution in [0, 0.1) is 6.92 Å². The van der Waals surface area contributed by atoms with Gasteiger partial charge in [-0.1, -0.05) is 24.3 Å². The van der Waals surface area contributed by atoms with Crippen LogP contribution in [0.2, 0.25) is 0 Å². The molecule has 2 aromatic heterocycles. The van der Waals surface area contributed by atoms with Crippen molar-refractivity contribution in [2.24, 2.45) is 0 Å². The Morgan fingerprint density at radius 1 is 1.19 bits per heavy atom. The van der Waals surface area contributed by atoms with Gasteiger partial charge in [0.15, 0.2) is 0 Å². The smallest absolute Gasteiger partial charge is 0.134 e. The molecule has 4 nitrogen and oxygen atoms in total. The molecule has 4 heteroatoms. The normalized spacial score (nSPS) is 17.7. The SMILES string of the molecule is Cc1ccc(-c2ccccc2[C@H]2NCCc3[nH]cnc32)o1. The lowest BCUT2D eigenvalue weighted by Crippen LogP contribution is -2.31. The van der Waals surface area contributed by atoms with Gasteiger partial charge in [0.2, 0.25) is 0 Å². The van der Waals surface area contributed by atoms with E-state index in [9.17, 15) is 0 Å². The summed E-state index contributed by atoms with van der Waals surface area (Å²) in [6.45, 7) is 2.92. The molecule has 21 heavy (non-hydrogen) atoms. The highest BCUT2D eigenvalue weighted by Crippen LogP contribution is 2.34. The van der Waals surface area contributed by atoms with Crippen molar-refractivity contribution in [2.75, 3.05) is 6.54 Å². The van der Waals surface area contributed by atoms with Crippen molar-refractivity contribution < 1.29 is 4.42 Å². The first-order chi connectivity index (χ1) is 10.3. The Morgan fingerprint density at radius 2 is 2.10 bits per heavy atom. The molecule has 0 saturated heterocycles. The minimum atomic E-state index is 0.113. The van der Waals surface area contributed by atoms with Crippen LogP contribution in [-0.2, 0) is 6.42 Å². The molecule has 1 aromatic carbocycles. The number of aromatic nitrogens is 2. The van der Waals surface area contributed by atoms with Gasteiger partial charge in [-0.25, -0.2) is 4.98 Å².